The lowest BCUT2D eigenvalue weighted by atomic mass is 9.88. The van der Waals surface area contributed by atoms with E-state index in [4.69, 9.17) is 11.6 Å². The van der Waals surface area contributed by atoms with Crippen molar-refractivity contribution in [1.29, 1.82) is 0 Å². The summed E-state index contributed by atoms with van der Waals surface area (Å²) in [5.41, 5.74) is 7.13. The van der Waals surface area contributed by atoms with Crippen LogP contribution in [0.5, 0.6) is 0 Å². The Morgan fingerprint density at radius 3 is 1.88 bits per heavy atom. The largest absolute Gasteiger partial charge is 0.0843 e. The molecule has 0 aliphatic rings. The van der Waals surface area contributed by atoms with Gasteiger partial charge in [0.15, 0.2) is 0 Å². The number of fused-ring (bicyclic) bond motifs is 3. The topological polar surface area (TPSA) is 0 Å². The first-order valence-corrected chi connectivity index (χ1v) is 11.5. The van der Waals surface area contributed by atoms with Gasteiger partial charge in [0.05, 0.1) is 0 Å². The molecule has 156 valence electrons. The summed E-state index contributed by atoms with van der Waals surface area (Å²) >= 11 is 6.55. The maximum atomic E-state index is 6.55. The average molecular weight is 441 g/mol. The van der Waals surface area contributed by atoms with E-state index in [-0.39, 0.29) is 0 Å². The summed E-state index contributed by atoms with van der Waals surface area (Å²) in [7, 11) is 0. The molecule has 0 unspecified atom stereocenters. The number of rotatable bonds is 3. The Hall–Kier alpha value is -3.87. The van der Waals surface area contributed by atoms with Crippen LogP contribution >= 0.6 is 11.6 Å². The summed E-state index contributed by atoms with van der Waals surface area (Å²) in [5, 5.41) is 5.74. The van der Waals surface area contributed by atoms with Crippen LogP contribution in [0.2, 0.25) is 5.02 Å². The van der Waals surface area contributed by atoms with E-state index in [1.807, 2.05) is 6.07 Å². The van der Waals surface area contributed by atoms with Gasteiger partial charge in [-0.1, -0.05) is 115 Å². The van der Waals surface area contributed by atoms with Crippen molar-refractivity contribution in [2.75, 3.05) is 0 Å². The van der Waals surface area contributed by atoms with Crippen molar-refractivity contribution >= 4 is 33.1 Å². The molecule has 1 heteroatoms. The predicted molar refractivity (Wildman–Crippen MR) is 143 cm³/mol. The van der Waals surface area contributed by atoms with Crippen molar-refractivity contribution in [3.63, 3.8) is 0 Å². The van der Waals surface area contributed by atoms with E-state index in [0.29, 0.717) is 0 Å². The Morgan fingerprint density at radius 1 is 0.364 bits per heavy atom. The molecular weight excluding hydrogens is 420 g/mol. The first kappa shape index (κ1) is 19.8. The minimum atomic E-state index is 0.741. The lowest BCUT2D eigenvalue weighted by molar-refractivity contribution is 1.58. The van der Waals surface area contributed by atoms with Gasteiger partial charge in [-0.25, -0.2) is 0 Å². The Bertz CT molecular complexity index is 1610. The normalized spacial score (nSPS) is 11.2. The van der Waals surface area contributed by atoms with Crippen molar-refractivity contribution in [3.05, 3.63) is 132 Å². The molecule has 0 saturated carbocycles. The van der Waals surface area contributed by atoms with Gasteiger partial charge in [-0.15, -0.1) is 0 Å². The number of benzene rings is 6. The Labute approximate surface area is 198 Å². The molecule has 0 N–H and O–H groups in total. The summed E-state index contributed by atoms with van der Waals surface area (Å²) in [6.45, 7) is 0. The van der Waals surface area contributed by atoms with E-state index in [0.717, 1.165) is 10.6 Å². The highest BCUT2D eigenvalue weighted by molar-refractivity contribution is 6.31. The fourth-order valence-electron chi connectivity index (χ4n) is 4.77. The molecule has 0 atom stereocenters. The number of hydrogen-bond acceptors (Lipinski definition) is 0. The lowest BCUT2D eigenvalue weighted by Gasteiger charge is -2.16. The molecule has 0 radical (unpaired) electrons. The van der Waals surface area contributed by atoms with Crippen LogP contribution in [0.25, 0.3) is 54.9 Å². The Balaban J connectivity index is 1.62. The minimum absolute atomic E-state index is 0.741. The van der Waals surface area contributed by atoms with E-state index in [9.17, 15) is 0 Å². The second-order valence-electron chi connectivity index (χ2n) is 8.33. The average Bonchev–Trinajstić information content (AvgIpc) is 2.89. The highest BCUT2D eigenvalue weighted by Gasteiger charge is 2.14. The van der Waals surface area contributed by atoms with E-state index in [2.05, 4.69) is 121 Å². The van der Waals surface area contributed by atoms with E-state index >= 15 is 0 Å². The molecule has 0 saturated heterocycles. The van der Waals surface area contributed by atoms with Crippen LogP contribution in [0.4, 0.5) is 0 Å². The molecule has 0 aliphatic carbocycles. The van der Waals surface area contributed by atoms with Crippen LogP contribution < -0.4 is 0 Å². The van der Waals surface area contributed by atoms with Gasteiger partial charge < -0.3 is 0 Å². The first-order chi connectivity index (χ1) is 16.3. The highest BCUT2D eigenvalue weighted by Crippen LogP contribution is 2.41. The van der Waals surface area contributed by atoms with Gasteiger partial charge >= 0.3 is 0 Å². The van der Waals surface area contributed by atoms with Gasteiger partial charge in [-0.05, 0) is 79.2 Å². The van der Waals surface area contributed by atoms with E-state index < -0.39 is 0 Å². The van der Waals surface area contributed by atoms with Crippen LogP contribution in [-0.4, -0.2) is 0 Å². The minimum Gasteiger partial charge on any atom is -0.0843 e. The fourth-order valence-corrected chi connectivity index (χ4v) is 4.94. The highest BCUT2D eigenvalue weighted by atomic mass is 35.5. The predicted octanol–water partition coefficient (Wildman–Crippen LogP) is 9.65. The van der Waals surface area contributed by atoms with Gasteiger partial charge in [-0.3, -0.25) is 0 Å². The van der Waals surface area contributed by atoms with Crippen LogP contribution in [0.15, 0.2) is 127 Å². The van der Waals surface area contributed by atoms with Crippen molar-refractivity contribution in [2.45, 2.75) is 0 Å². The maximum absolute atomic E-state index is 6.55. The van der Waals surface area contributed by atoms with Crippen molar-refractivity contribution in [3.8, 4) is 33.4 Å². The molecule has 0 fully saturated rings. The molecule has 0 aromatic heterocycles. The quantitative estimate of drug-likeness (QED) is 0.240. The van der Waals surface area contributed by atoms with Crippen molar-refractivity contribution < 1.29 is 0 Å². The fraction of sp³-hybridized carbons (Fsp3) is 0. The van der Waals surface area contributed by atoms with Gasteiger partial charge in [-0.2, -0.15) is 0 Å². The van der Waals surface area contributed by atoms with Gasteiger partial charge in [0.2, 0.25) is 0 Å². The van der Waals surface area contributed by atoms with E-state index in [1.165, 1.54) is 49.4 Å². The van der Waals surface area contributed by atoms with Gasteiger partial charge in [0, 0.05) is 5.02 Å². The van der Waals surface area contributed by atoms with Crippen molar-refractivity contribution in [1.82, 2.24) is 0 Å². The summed E-state index contributed by atoms with van der Waals surface area (Å²) in [5.74, 6) is 0. The van der Waals surface area contributed by atoms with Gasteiger partial charge in [0.1, 0.15) is 0 Å². The molecule has 0 nitrogen and oxygen atoms in total. The lowest BCUT2D eigenvalue weighted by Crippen LogP contribution is -1.89. The molecule has 0 aliphatic heterocycles. The SMILES string of the molecule is Clc1ccc(-c2cccc(-c3ccccc3)c2)c(-c2cc3ccccc3c3ccccc23)c1. The third kappa shape index (κ3) is 3.59. The van der Waals surface area contributed by atoms with Crippen LogP contribution in [0.1, 0.15) is 0 Å². The third-order valence-corrected chi connectivity index (χ3v) is 6.56. The maximum Gasteiger partial charge on any atom is 0.0412 e. The zero-order valence-electron chi connectivity index (χ0n) is 18.0. The zero-order valence-corrected chi connectivity index (χ0v) is 18.8. The molecule has 0 amide bonds. The van der Waals surface area contributed by atoms with E-state index in [1.54, 1.807) is 0 Å². The van der Waals surface area contributed by atoms with Crippen LogP contribution in [0, 0.1) is 0 Å². The first-order valence-electron chi connectivity index (χ1n) is 11.1. The summed E-state index contributed by atoms with van der Waals surface area (Å²) < 4.78 is 0. The summed E-state index contributed by atoms with van der Waals surface area (Å²) in [6, 6.07) is 45.0. The third-order valence-electron chi connectivity index (χ3n) is 6.32. The Kier molecular flexibility index (Phi) is 4.94. The van der Waals surface area contributed by atoms with Crippen LogP contribution in [0.3, 0.4) is 0 Å². The summed E-state index contributed by atoms with van der Waals surface area (Å²) in [6.07, 6.45) is 0. The Morgan fingerprint density at radius 2 is 1.03 bits per heavy atom. The molecule has 6 rings (SSSR count). The van der Waals surface area contributed by atoms with Crippen molar-refractivity contribution in [2.24, 2.45) is 0 Å². The monoisotopic (exact) mass is 440 g/mol. The molecule has 0 bridgehead atoms. The molecule has 6 aromatic carbocycles. The summed E-state index contributed by atoms with van der Waals surface area (Å²) in [4.78, 5) is 0. The second kappa shape index (κ2) is 8.24. The number of halogens is 1. The smallest absolute Gasteiger partial charge is 0.0412 e. The molecule has 0 spiro atoms. The number of hydrogen-bond donors (Lipinski definition) is 0. The molecular formula is C32H21Cl. The molecule has 0 heterocycles. The van der Waals surface area contributed by atoms with Crippen LogP contribution in [-0.2, 0) is 0 Å². The van der Waals surface area contributed by atoms with Gasteiger partial charge in [0.25, 0.3) is 0 Å². The molecule has 6 aromatic rings. The zero-order chi connectivity index (χ0) is 22.2. The second-order valence-corrected chi connectivity index (χ2v) is 8.76. The molecule has 33 heavy (non-hydrogen) atoms. The standard InChI is InChI=1S/C32H21Cl/c33-26-17-18-28(24-13-8-12-23(19-24)22-9-2-1-3-10-22)32(21-26)31-20-25-11-4-5-14-27(25)29-15-6-7-16-30(29)31/h1-21H.